The van der Waals surface area contributed by atoms with Crippen molar-refractivity contribution in [1.82, 2.24) is 0 Å². The molecule has 0 aliphatic carbocycles. The zero-order chi connectivity index (χ0) is 5.86. The van der Waals surface area contributed by atoms with E-state index in [0.29, 0.717) is 5.82 Å². The summed E-state index contributed by atoms with van der Waals surface area (Å²) in [6.45, 7) is 4.16. The fraction of sp³-hybridized carbons (Fsp3) is 1.00. The third kappa shape index (κ3) is 6.72. The van der Waals surface area contributed by atoms with Crippen molar-refractivity contribution >= 4 is 36.0 Å². The van der Waals surface area contributed by atoms with E-state index in [2.05, 4.69) is 13.8 Å². The molecule has 0 rings (SSSR count). The molecule has 40 valence electrons. The minimum atomic E-state index is -0.304. The van der Waals surface area contributed by atoms with Crippen LogP contribution in [0.25, 0.3) is 0 Å². The predicted molar refractivity (Wildman–Crippen MR) is 42.9 cm³/mol. The second kappa shape index (κ2) is 3.69. The molecule has 0 aromatic rings. The molecule has 0 amide bonds. The monoisotopic (exact) mass is 150 g/mol. The first-order chi connectivity index (χ1) is 3.13. The maximum absolute atomic E-state index is 4.74. The van der Waals surface area contributed by atoms with Gasteiger partial charge in [0.2, 0.25) is 0 Å². The Morgan fingerprint density at radius 1 is 1.43 bits per heavy atom. The second-order valence-corrected chi connectivity index (χ2v) is 5.22. The van der Waals surface area contributed by atoms with E-state index in [0.717, 1.165) is 0 Å². The SMILES string of the molecule is CC(C)B=S(=S)=S. The predicted octanol–water partition coefficient (Wildman–Crippen LogP) is 0.976. The molecule has 0 N–H and O–H groups in total. The molecule has 0 nitrogen and oxygen atoms in total. The molecule has 0 aliphatic heterocycles. The Hall–Kier alpha value is 0.725. The Kier molecular flexibility index (Phi) is 4.08. The molecule has 0 radical (unpaired) electrons. The van der Waals surface area contributed by atoms with Crippen LogP contribution in [0, 0.1) is 0 Å². The van der Waals surface area contributed by atoms with E-state index >= 15 is 0 Å². The first-order valence-corrected chi connectivity index (χ1v) is 5.20. The summed E-state index contributed by atoms with van der Waals surface area (Å²) < 4.78 is 0. The summed E-state index contributed by atoms with van der Waals surface area (Å²) in [6, 6.07) is 0. The van der Waals surface area contributed by atoms with Crippen LogP contribution in [0.2, 0.25) is 5.82 Å². The molecule has 0 atom stereocenters. The van der Waals surface area contributed by atoms with Gasteiger partial charge in [-0.3, -0.25) is 0 Å². The van der Waals surface area contributed by atoms with Crippen molar-refractivity contribution in [2.45, 2.75) is 19.7 Å². The molecule has 0 bridgehead atoms. The van der Waals surface area contributed by atoms with Crippen molar-refractivity contribution in [3.63, 3.8) is 0 Å². The van der Waals surface area contributed by atoms with Gasteiger partial charge in [-0.1, -0.05) is 0 Å². The molecule has 4 heteroatoms. The molecule has 0 fully saturated rings. The van der Waals surface area contributed by atoms with E-state index < -0.39 is 0 Å². The van der Waals surface area contributed by atoms with E-state index in [4.69, 9.17) is 22.4 Å². The fourth-order valence-electron chi connectivity index (χ4n) is 0.222. The average molecular weight is 150 g/mol. The Balaban J connectivity index is 3.96. The summed E-state index contributed by atoms with van der Waals surface area (Å²) in [5.74, 6) is 0.554. The van der Waals surface area contributed by atoms with E-state index in [1.54, 1.807) is 0 Å². The van der Waals surface area contributed by atoms with Crippen LogP contribution in [0.1, 0.15) is 13.8 Å². The van der Waals surface area contributed by atoms with Crippen molar-refractivity contribution in [3.8, 4) is 0 Å². The number of rotatable bonds is 1. The summed E-state index contributed by atoms with van der Waals surface area (Å²) in [7, 11) is -0.304. The molecule has 0 spiro atoms. The maximum atomic E-state index is 4.74. The second-order valence-electron chi connectivity index (χ2n) is 1.64. The van der Waals surface area contributed by atoms with Crippen LogP contribution in [0.15, 0.2) is 0 Å². The average Bonchev–Trinajstić information content (AvgIpc) is 1.27. The Morgan fingerprint density at radius 2 is 1.86 bits per heavy atom. The Bertz CT molecular complexity index is 145. The first-order valence-electron chi connectivity index (χ1n) is 2.06. The molecule has 0 aliphatic rings. The van der Waals surface area contributed by atoms with Crippen LogP contribution < -0.4 is 0 Å². The molecule has 0 saturated heterocycles. The fourth-order valence-corrected chi connectivity index (χ4v) is 2.00. The van der Waals surface area contributed by atoms with E-state index in [9.17, 15) is 0 Å². The van der Waals surface area contributed by atoms with Crippen molar-refractivity contribution in [3.05, 3.63) is 0 Å². The van der Waals surface area contributed by atoms with Gasteiger partial charge in [-0.2, -0.15) is 0 Å². The Labute approximate surface area is 55.8 Å². The summed E-state index contributed by atoms with van der Waals surface area (Å²) in [4.78, 5) is 0. The molecule has 0 aromatic carbocycles. The quantitative estimate of drug-likeness (QED) is 0.511. The zero-order valence-corrected chi connectivity index (χ0v) is 6.83. The van der Waals surface area contributed by atoms with Crippen LogP contribution in [-0.4, -0.2) is 6.15 Å². The molecule has 0 saturated carbocycles. The first kappa shape index (κ1) is 7.72. The summed E-state index contributed by atoms with van der Waals surface area (Å²) in [6.07, 6.45) is 1.99. The van der Waals surface area contributed by atoms with Crippen molar-refractivity contribution in [2.24, 2.45) is 0 Å². The van der Waals surface area contributed by atoms with E-state index in [1.165, 1.54) is 0 Å². The van der Waals surface area contributed by atoms with Gasteiger partial charge in [-0.15, -0.1) is 0 Å². The standard InChI is InChI=1S/C3H7BS3/c1-3(2)4-7(5)6/h3H,1-2H3. The summed E-state index contributed by atoms with van der Waals surface area (Å²) in [5, 5.41) is 0. The van der Waals surface area contributed by atoms with Gasteiger partial charge in [0.05, 0.1) is 0 Å². The van der Waals surface area contributed by atoms with Crippen molar-refractivity contribution in [2.75, 3.05) is 0 Å². The van der Waals surface area contributed by atoms with Crippen molar-refractivity contribution in [1.29, 1.82) is 0 Å². The van der Waals surface area contributed by atoms with E-state index in [1.807, 2.05) is 6.15 Å². The summed E-state index contributed by atoms with van der Waals surface area (Å²) >= 11 is 9.48. The van der Waals surface area contributed by atoms with Gasteiger partial charge in [0.25, 0.3) is 0 Å². The number of hydrogen-bond acceptors (Lipinski definition) is 2. The van der Waals surface area contributed by atoms with Crippen molar-refractivity contribution < 1.29 is 0 Å². The molecular weight excluding hydrogens is 143 g/mol. The summed E-state index contributed by atoms with van der Waals surface area (Å²) in [5.41, 5.74) is 0. The third-order valence-corrected chi connectivity index (χ3v) is 1.82. The molecule has 7 heavy (non-hydrogen) atoms. The van der Waals surface area contributed by atoms with Crippen LogP contribution in [-0.2, 0) is 29.8 Å². The Morgan fingerprint density at radius 3 is 1.86 bits per heavy atom. The van der Waals surface area contributed by atoms with Crippen LogP contribution in [0.5, 0.6) is 0 Å². The minimum absolute atomic E-state index is 0.304. The molecule has 0 unspecified atom stereocenters. The van der Waals surface area contributed by atoms with Crippen LogP contribution >= 0.6 is 0 Å². The van der Waals surface area contributed by atoms with Crippen LogP contribution in [0.3, 0.4) is 0 Å². The van der Waals surface area contributed by atoms with Gasteiger partial charge in [0.15, 0.2) is 0 Å². The van der Waals surface area contributed by atoms with Gasteiger partial charge in [0, 0.05) is 0 Å². The topological polar surface area (TPSA) is 0 Å². The van der Waals surface area contributed by atoms with Gasteiger partial charge in [-0.05, 0) is 0 Å². The molecular formula is C3H7BS3. The number of hydrogen-bond donors (Lipinski definition) is 0. The van der Waals surface area contributed by atoms with Gasteiger partial charge >= 0.3 is 55.6 Å². The normalized spacial score (nSPS) is 8.43. The van der Waals surface area contributed by atoms with E-state index in [-0.39, 0.29) is 7.44 Å². The van der Waals surface area contributed by atoms with Gasteiger partial charge < -0.3 is 0 Å². The van der Waals surface area contributed by atoms with Gasteiger partial charge in [-0.25, -0.2) is 0 Å². The van der Waals surface area contributed by atoms with Crippen LogP contribution in [0.4, 0.5) is 0 Å². The van der Waals surface area contributed by atoms with Gasteiger partial charge in [0.1, 0.15) is 0 Å². The molecule has 0 aromatic heterocycles. The zero-order valence-electron chi connectivity index (χ0n) is 4.38. The molecule has 0 heterocycles. The third-order valence-electron chi connectivity index (χ3n) is 0.383.